The van der Waals surface area contributed by atoms with Crippen molar-refractivity contribution in [1.82, 2.24) is 9.97 Å². The van der Waals surface area contributed by atoms with E-state index >= 15 is 0 Å². The Morgan fingerprint density at radius 2 is 2.18 bits per heavy atom. The predicted octanol–water partition coefficient (Wildman–Crippen LogP) is 2.18. The van der Waals surface area contributed by atoms with E-state index in [-0.39, 0.29) is 6.10 Å². The molecule has 90 valence electrons. The molecule has 1 aliphatic rings. The molecule has 0 aliphatic carbocycles. The van der Waals surface area contributed by atoms with Crippen molar-refractivity contribution in [2.45, 2.75) is 26.0 Å². The summed E-state index contributed by atoms with van der Waals surface area (Å²) in [5.74, 6) is 0.953. The first-order valence-corrected chi connectivity index (χ1v) is 6.09. The molecule has 0 bridgehead atoms. The summed E-state index contributed by atoms with van der Waals surface area (Å²) in [4.78, 5) is 10.3. The predicted molar refractivity (Wildman–Crippen MR) is 68.3 cm³/mol. The van der Waals surface area contributed by atoms with E-state index in [0.29, 0.717) is 6.04 Å². The highest BCUT2D eigenvalue weighted by molar-refractivity contribution is 5.77. The van der Waals surface area contributed by atoms with Crippen molar-refractivity contribution in [2.75, 3.05) is 18.1 Å². The zero-order chi connectivity index (χ0) is 11.8. The van der Waals surface area contributed by atoms with Crippen LogP contribution >= 0.6 is 0 Å². The normalized spacial score (nSPS) is 25.4. The molecule has 2 atom stereocenters. The number of hydrogen-bond donors (Lipinski definition) is 1. The molecule has 2 aromatic rings. The quantitative estimate of drug-likeness (QED) is 0.817. The van der Waals surface area contributed by atoms with Crippen LogP contribution in [-0.4, -0.2) is 35.3 Å². The summed E-state index contributed by atoms with van der Waals surface area (Å²) in [6.07, 6.45) is 0.247. The molecule has 0 radical (unpaired) electrons. The minimum absolute atomic E-state index is 0.247. The second kappa shape index (κ2) is 4.04. The van der Waals surface area contributed by atoms with Gasteiger partial charge in [0.25, 0.3) is 0 Å². The van der Waals surface area contributed by atoms with Gasteiger partial charge < -0.3 is 14.6 Å². The highest BCUT2D eigenvalue weighted by Crippen LogP contribution is 2.22. The van der Waals surface area contributed by atoms with E-state index in [1.165, 1.54) is 0 Å². The number of rotatable bonds is 1. The fraction of sp³-hybridized carbons (Fsp3) is 0.462. The number of aromatic nitrogens is 2. The summed E-state index contributed by atoms with van der Waals surface area (Å²) in [7, 11) is 0. The van der Waals surface area contributed by atoms with E-state index < -0.39 is 0 Å². The molecule has 1 aromatic carbocycles. The zero-order valence-electron chi connectivity index (χ0n) is 10.2. The lowest BCUT2D eigenvalue weighted by atomic mass is 10.1. The van der Waals surface area contributed by atoms with Gasteiger partial charge in [0.15, 0.2) is 0 Å². The standard InChI is InChI=1S/C13H17N3O/c1-9-10(2)17-8-7-16(9)13-14-11-5-3-4-6-12(11)15-13/h3-6,9-10H,7-8H2,1-2H3,(H,14,15)/t9-,10-/m0/s1. The number of nitrogens with one attached hydrogen (secondary N) is 1. The monoisotopic (exact) mass is 231 g/mol. The van der Waals surface area contributed by atoms with Crippen LogP contribution in [0.25, 0.3) is 11.0 Å². The van der Waals surface area contributed by atoms with Crippen LogP contribution in [0.4, 0.5) is 5.95 Å². The lowest BCUT2D eigenvalue weighted by Gasteiger charge is -2.37. The highest BCUT2D eigenvalue weighted by atomic mass is 16.5. The number of hydrogen-bond acceptors (Lipinski definition) is 3. The molecule has 4 heteroatoms. The molecule has 0 unspecified atom stereocenters. The van der Waals surface area contributed by atoms with Crippen LogP contribution in [0.1, 0.15) is 13.8 Å². The van der Waals surface area contributed by atoms with Crippen LogP contribution < -0.4 is 4.90 Å². The van der Waals surface area contributed by atoms with Gasteiger partial charge in [-0.05, 0) is 26.0 Å². The first kappa shape index (κ1) is 10.6. The molecule has 0 spiro atoms. The third-order valence-electron chi connectivity index (χ3n) is 3.53. The summed E-state index contributed by atoms with van der Waals surface area (Å²) >= 11 is 0. The molecule has 1 aliphatic heterocycles. The number of fused-ring (bicyclic) bond motifs is 1. The van der Waals surface area contributed by atoms with Crippen molar-refractivity contribution in [1.29, 1.82) is 0 Å². The van der Waals surface area contributed by atoms with Gasteiger partial charge in [0.2, 0.25) is 5.95 Å². The Hall–Kier alpha value is -1.55. The molecule has 2 heterocycles. The van der Waals surface area contributed by atoms with E-state index in [0.717, 1.165) is 30.1 Å². The fourth-order valence-corrected chi connectivity index (χ4v) is 2.31. The molecule has 1 N–H and O–H groups in total. The number of H-pyrrole nitrogens is 1. The van der Waals surface area contributed by atoms with E-state index in [4.69, 9.17) is 4.74 Å². The average molecular weight is 231 g/mol. The maximum Gasteiger partial charge on any atom is 0.204 e. The Kier molecular flexibility index (Phi) is 2.52. The zero-order valence-corrected chi connectivity index (χ0v) is 10.2. The Morgan fingerprint density at radius 1 is 1.35 bits per heavy atom. The molecule has 17 heavy (non-hydrogen) atoms. The van der Waals surface area contributed by atoms with Crippen LogP contribution in [0.5, 0.6) is 0 Å². The van der Waals surface area contributed by atoms with Gasteiger partial charge in [-0.3, -0.25) is 0 Å². The van der Waals surface area contributed by atoms with Crippen molar-refractivity contribution in [3.63, 3.8) is 0 Å². The molecular formula is C13H17N3O. The van der Waals surface area contributed by atoms with Crippen LogP contribution in [-0.2, 0) is 4.74 Å². The van der Waals surface area contributed by atoms with Gasteiger partial charge >= 0.3 is 0 Å². The van der Waals surface area contributed by atoms with Gasteiger partial charge in [-0.25, -0.2) is 4.98 Å². The lowest BCUT2D eigenvalue weighted by molar-refractivity contribution is 0.0278. The number of nitrogens with zero attached hydrogens (tertiary/aromatic N) is 2. The van der Waals surface area contributed by atoms with Gasteiger partial charge in [-0.1, -0.05) is 12.1 Å². The molecule has 1 saturated heterocycles. The first-order chi connectivity index (χ1) is 8.25. The largest absolute Gasteiger partial charge is 0.375 e. The minimum atomic E-state index is 0.247. The van der Waals surface area contributed by atoms with Gasteiger partial charge in [-0.15, -0.1) is 0 Å². The second-order valence-corrected chi connectivity index (χ2v) is 4.59. The highest BCUT2D eigenvalue weighted by Gasteiger charge is 2.27. The molecule has 3 rings (SSSR count). The molecule has 4 nitrogen and oxygen atoms in total. The molecule has 0 amide bonds. The van der Waals surface area contributed by atoms with E-state index in [9.17, 15) is 0 Å². The van der Waals surface area contributed by atoms with Gasteiger partial charge in [0.05, 0.1) is 29.8 Å². The number of ether oxygens (including phenoxy) is 1. The van der Waals surface area contributed by atoms with Gasteiger partial charge in [0.1, 0.15) is 0 Å². The van der Waals surface area contributed by atoms with Crippen LogP contribution in [0.3, 0.4) is 0 Å². The molecule has 1 fully saturated rings. The third-order valence-corrected chi connectivity index (χ3v) is 3.53. The number of aromatic amines is 1. The van der Waals surface area contributed by atoms with Crippen molar-refractivity contribution in [2.24, 2.45) is 0 Å². The van der Waals surface area contributed by atoms with Crippen LogP contribution in [0.15, 0.2) is 24.3 Å². The van der Waals surface area contributed by atoms with Crippen LogP contribution in [0, 0.1) is 0 Å². The van der Waals surface area contributed by atoms with Gasteiger partial charge in [-0.2, -0.15) is 0 Å². The smallest absolute Gasteiger partial charge is 0.204 e. The number of anilines is 1. The first-order valence-electron chi connectivity index (χ1n) is 6.09. The Bertz CT molecular complexity index is 489. The summed E-state index contributed by atoms with van der Waals surface area (Å²) < 4.78 is 5.63. The number of morpholine rings is 1. The Balaban J connectivity index is 1.97. The van der Waals surface area contributed by atoms with E-state index in [1.807, 2.05) is 18.2 Å². The SMILES string of the molecule is C[C@@H]1OCCN(c2nc3ccccc3[nH]2)[C@H]1C. The van der Waals surface area contributed by atoms with E-state index in [2.05, 4.69) is 34.8 Å². The average Bonchev–Trinajstić information content (AvgIpc) is 2.76. The van der Waals surface area contributed by atoms with E-state index in [1.54, 1.807) is 0 Å². The summed E-state index contributed by atoms with van der Waals surface area (Å²) in [6, 6.07) is 8.47. The van der Waals surface area contributed by atoms with Crippen molar-refractivity contribution in [3.05, 3.63) is 24.3 Å². The summed E-state index contributed by atoms with van der Waals surface area (Å²) in [5, 5.41) is 0. The third kappa shape index (κ3) is 1.78. The van der Waals surface area contributed by atoms with Crippen molar-refractivity contribution in [3.8, 4) is 0 Å². The molecular weight excluding hydrogens is 214 g/mol. The maximum absolute atomic E-state index is 5.63. The topological polar surface area (TPSA) is 41.1 Å². The summed E-state index contributed by atoms with van der Waals surface area (Å²) in [6.45, 7) is 5.95. The summed E-state index contributed by atoms with van der Waals surface area (Å²) in [5.41, 5.74) is 2.11. The minimum Gasteiger partial charge on any atom is -0.375 e. The molecule has 0 saturated carbocycles. The number of para-hydroxylation sites is 2. The Labute approximate surface area is 101 Å². The van der Waals surface area contributed by atoms with Crippen LogP contribution in [0.2, 0.25) is 0 Å². The second-order valence-electron chi connectivity index (χ2n) is 4.59. The number of benzene rings is 1. The Morgan fingerprint density at radius 3 is 3.00 bits per heavy atom. The fourth-order valence-electron chi connectivity index (χ4n) is 2.31. The maximum atomic E-state index is 5.63. The van der Waals surface area contributed by atoms with Crippen molar-refractivity contribution >= 4 is 17.0 Å². The lowest BCUT2D eigenvalue weighted by Crippen LogP contribution is -2.49. The van der Waals surface area contributed by atoms with Gasteiger partial charge in [0, 0.05) is 6.54 Å². The van der Waals surface area contributed by atoms with Crippen molar-refractivity contribution < 1.29 is 4.74 Å². The number of imidazole rings is 1. The molecule has 1 aromatic heterocycles.